The summed E-state index contributed by atoms with van der Waals surface area (Å²) in [4.78, 5) is 24.5. The molecular formula is C27H30FN5O3. The molecule has 0 radical (unpaired) electrons. The van der Waals surface area contributed by atoms with Crippen LogP contribution in [0, 0.1) is 5.92 Å². The third kappa shape index (κ3) is 3.86. The summed E-state index contributed by atoms with van der Waals surface area (Å²) in [6.45, 7) is 1.55. The number of likely N-dealkylation sites (tertiary alicyclic amines) is 1. The van der Waals surface area contributed by atoms with E-state index in [1.165, 1.54) is 12.8 Å². The molecule has 188 valence electrons. The second-order valence-electron chi connectivity index (χ2n) is 9.88. The number of benzene rings is 1. The van der Waals surface area contributed by atoms with E-state index < -0.39 is 6.17 Å². The van der Waals surface area contributed by atoms with Crippen molar-refractivity contribution in [2.75, 3.05) is 27.3 Å². The number of carbonyl (C=O) groups is 1. The number of rotatable bonds is 6. The lowest BCUT2D eigenvalue weighted by Gasteiger charge is -2.29. The first-order valence-electron chi connectivity index (χ1n) is 12.5. The van der Waals surface area contributed by atoms with E-state index in [2.05, 4.69) is 10.6 Å². The molecule has 3 aromatic heterocycles. The van der Waals surface area contributed by atoms with E-state index in [0.717, 1.165) is 34.6 Å². The Kier molecular flexibility index (Phi) is 5.58. The van der Waals surface area contributed by atoms with E-state index in [0.29, 0.717) is 48.0 Å². The number of halogens is 1. The van der Waals surface area contributed by atoms with Gasteiger partial charge in [0.05, 0.1) is 32.0 Å². The first kappa shape index (κ1) is 22.8. The van der Waals surface area contributed by atoms with Crippen LogP contribution in [0.25, 0.3) is 33.6 Å². The predicted molar refractivity (Wildman–Crippen MR) is 135 cm³/mol. The lowest BCUT2D eigenvalue weighted by Crippen LogP contribution is -2.40. The molecule has 1 saturated heterocycles. The van der Waals surface area contributed by atoms with Gasteiger partial charge in [-0.3, -0.25) is 4.79 Å². The average molecular weight is 492 g/mol. The number of methoxy groups -OCH3 is 2. The molecule has 1 atom stereocenters. The molecular weight excluding hydrogens is 461 g/mol. The highest BCUT2D eigenvalue weighted by Gasteiger charge is 2.28. The quantitative estimate of drug-likeness (QED) is 0.394. The summed E-state index contributed by atoms with van der Waals surface area (Å²) in [7, 11) is 5.17. The van der Waals surface area contributed by atoms with Crippen LogP contribution in [0.3, 0.4) is 0 Å². The van der Waals surface area contributed by atoms with Gasteiger partial charge in [-0.25, -0.2) is 9.37 Å². The van der Waals surface area contributed by atoms with Crippen LogP contribution >= 0.6 is 0 Å². The summed E-state index contributed by atoms with van der Waals surface area (Å²) < 4.78 is 29.3. The molecule has 1 aliphatic carbocycles. The molecule has 0 spiro atoms. The van der Waals surface area contributed by atoms with Gasteiger partial charge in [0, 0.05) is 37.2 Å². The van der Waals surface area contributed by atoms with Gasteiger partial charge in [-0.05, 0) is 55.9 Å². The average Bonchev–Trinajstić information content (AvgIpc) is 3.56. The van der Waals surface area contributed by atoms with Gasteiger partial charge in [-0.1, -0.05) is 0 Å². The first-order valence-corrected chi connectivity index (χ1v) is 12.5. The number of hydrogen-bond acceptors (Lipinski definition) is 5. The second-order valence-corrected chi connectivity index (χ2v) is 9.88. The van der Waals surface area contributed by atoms with Gasteiger partial charge in [0.15, 0.2) is 5.82 Å². The fourth-order valence-corrected chi connectivity index (χ4v) is 5.26. The maximum Gasteiger partial charge on any atom is 0.254 e. The van der Waals surface area contributed by atoms with Crippen molar-refractivity contribution in [3.63, 3.8) is 0 Å². The van der Waals surface area contributed by atoms with Crippen molar-refractivity contribution in [1.29, 1.82) is 0 Å². The molecule has 0 N–H and O–H groups in total. The van der Waals surface area contributed by atoms with Crippen LogP contribution in [0.2, 0.25) is 0 Å². The Morgan fingerprint density at radius 3 is 2.67 bits per heavy atom. The van der Waals surface area contributed by atoms with Gasteiger partial charge >= 0.3 is 0 Å². The molecule has 1 amide bonds. The maximum atomic E-state index is 14.0. The number of aromatic nitrogens is 4. The molecule has 0 bridgehead atoms. The predicted octanol–water partition coefficient (Wildman–Crippen LogP) is 4.59. The van der Waals surface area contributed by atoms with Crippen LogP contribution in [0.4, 0.5) is 4.39 Å². The highest BCUT2D eigenvalue weighted by molar-refractivity contribution is 6.00. The number of carbonyl (C=O) groups excluding carboxylic acids is 1. The Morgan fingerprint density at radius 1 is 1.11 bits per heavy atom. The van der Waals surface area contributed by atoms with Crippen molar-refractivity contribution in [1.82, 2.24) is 24.0 Å². The van der Waals surface area contributed by atoms with E-state index in [9.17, 15) is 9.18 Å². The number of nitrogens with zero attached hydrogens (tertiary/aromatic N) is 5. The Bertz CT molecular complexity index is 1470. The number of piperidine rings is 1. The zero-order chi connectivity index (χ0) is 25.0. The van der Waals surface area contributed by atoms with E-state index in [-0.39, 0.29) is 12.5 Å². The third-order valence-corrected chi connectivity index (χ3v) is 7.35. The summed E-state index contributed by atoms with van der Waals surface area (Å²) >= 11 is 0. The van der Waals surface area contributed by atoms with Crippen LogP contribution in [0.15, 0.2) is 30.3 Å². The molecule has 36 heavy (non-hydrogen) atoms. The number of alkyl halides is 1. The second kappa shape index (κ2) is 8.80. The number of aryl methyl sites for hydroxylation is 1. The molecule has 9 heteroatoms. The number of hydrogen-bond donors (Lipinski definition) is 0. The fourth-order valence-electron chi connectivity index (χ4n) is 5.26. The minimum absolute atomic E-state index is 0.129. The molecule has 6 rings (SSSR count). The molecule has 4 aromatic rings. The number of pyridine rings is 1. The Morgan fingerprint density at radius 2 is 1.94 bits per heavy atom. The zero-order valence-electron chi connectivity index (χ0n) is 20.8. The summed E-state index contributed by atoms with van der Waals surface area (Å²) in [5.74, 6) is 2.35. The van der Waals surface area contributed by atoms with Crippen LogP contribution in [0.1, 0.15) is 36.0 Å². The third-order valence-electron chi connectivity index (χ3n) is 7.35. The lowest BCUT2D eigenvalue weighted by atomic mass is 10.1. The van der Waals surface area contributed by atoms with E-state index in [4.69, 9.17) is 19.4 Å². The van der Waals surface area contributed by atoms with Gasteiger partial charge < -0.3 is 23.5 Å². The molecule has 1 aromatic carbocycles. The van der Waals surface area contributed by atoms with Crippen molar-refractivity contribution in [2.24, 2.45) is 13.0 Å². The lowest BCUT2D eigenvalue weighted by molar-refractivity contribution is 0.0636. The van der Waals surface area contributed by atoms with Gasteiger partial charge in [0.2, 0.25) is 5.88 Å². The first-order chi connectivity index (χ1) is 17.5. The van der Waals surface area contributed by atoms with Crippen LogP contribution in [0.5, 0.6) is 11.6 Å². The smallest absolute Gasteiger partial charge is 0.254 e. The maximum absolute atomic E-state index is 14.0. The molecule has 4 heterocycles. The number of imidazole rings is 1. The Labute approximate surface area is 208 Å². The van der Waals surface area contributed by atoms with Crippen molar-refractivity contribution in [3.8, 4) is 23.1 Å². The molecule has 2 aliphatic rings. The van der Waals surface area contributed by atoms with Gasteiger partial charge in [-0.2, -0.15) is 4.98 Å². The van der Waals surface area contributed by atoms with E-state index in [1.54, 1.807) is 31.3 Å². The SMILES string of the molecule is COc1ccc2cc(-c3nc4cc(C(=O)N5CCC[C@H](F)C5)cc(OC)c4n3C)n(CC3CC3)c2n1. The van der Waals surface area contributed by atoms with Crippen molar-refractivity contribution in [2.45, 2.75) is 38.4 Å². The summed E-state index contributed by atoms with van der Waals surface area (Å²) in [6, 6.07) is 9.53. The van der Waals surface area contributed by atoms with E-state index in [1.807, 2.05) is 23.7 Å². The zero-order valence-corrected chi connectivity index (χ0v) is 20.8. The Balaban J connectivity index is 1.48. The largest absolute Gasteiger partial charge is 0.494 e. The van der Waals surface area contributed by atoms with Crippen LogP contribution in [-0.2, 0) is 13.6 Å². The van der Waals surface area contributed by atoms with Crippen LogP contribution < -0.4 is 9.47 Å². The monoisotopic (exact) mass is 491 g/mol. The standard InChI is InChI=1S/C27H30FN5O3/c1-31-24-20(11-18(13-22(24)35-2)27(34)32-10-4-5-19(28)15-32)29-26(31)21-12-17-8-9-23(36-3)30-25(17)33(21)14-16-6-7-16/h8-9,11-13,16,19H,4-7,10,14-15H2,1-3H3/t19-/m0/s1. The summed E-state index contributed by atoms with van der Waals surface area (Å²) in [6.07, 6.45) is 2.62. The highest BCUT2D eigenvalue weighted by atomic mass is 19.1. The fraction of sp³-hybridized carbons (Fsp3) is 0.444. The van der Waals surface area contributed by atoms with Gasteiger partial charge in [0.1, 0.15) is 23.1 Å². The van der Waals surface area contributed by atoms with Gasteiger partial charge in [0.25, 0.3) is 5.91 Å². The molecule has 1 aliphatic heterocycles. The topological polar surface area (TPSA) is 74.4 Å². The van der Waals surface area contributed by atoms with E-state index >= 15 is 0 Å². The van der Waals surface area contributed by atoms with Crippen molar-refractivity contribution >= 4 is 28.0 Å². The summed E-state index contributed by atoms with van der Waals surface area (Å²) in [5.41, 5.74) is 3.76. The normalized spacial score (nSPS) is 18.2. The molecule has 1 saturated carbocycles. The van der Waals surface area contributed by atoms with Crippen molar-refractivity contribution < 1.29 is 18.7 Å². The van der Waals surface area contributed by atoms with Crippen molar-refractivity contribution in [3.05, 3.63) is 35.9 Å². The minimum Gasteiger partial charge on any atom is -0.494 e. The number of amides is 1. The minimum atomic E-state index is -0.976. The molecule has 8 nitrogen and oxygen atoms in total. The number of fused-ring (bicyclic) bond motifs is 2. The molecule has 2 fully saturated rings. The highest BCUT2D eigenvalue weighted by Crippen LogP contribution is 2.38. The summed E-state index contributed by atoms with van der Waals surface area (Å²) in [5, 5.41) is 1.02. The number of ether oxygens (including phenoxy) is 2. The van der Waals surface area contributed by atoms with Gasteiger partial charge in [-0.15, -0.1) is 0 Å². The molecule has 0 unspecified atom stereocenters. The van der Waals surface area contributed by atoms with Crippen LogP contribution in [-0.4, -0.2) is 63.4 Å². The Hall–Kier alpha value is -3.62.